The number of hydrogen-bond acceptors (Lipinski definition) is 5. The van der Waals surface area contributed by atoms with Crippen LogP contribution in [0.2, 0.25) is 0 Å². The van der Waals surface area contributed by atoms with E-state index in [9.17, 15) is 4.79 Å². The number of benzene rings is 1. The maximum Gasteiger partial charge on any atom is 0.247 e. The van der Waals surface area contributed by atoms with Crippen molar-refractivity contribution in [1.82, 2.24) is 0 Å². The van der Waals surface area contributed by atoms with E-state index in [0.29, 0.717) is 13.2 Å². The Bertz CT molecular complexity index is 566. The minimum Gasteiger partial charge on any atom is -0.495 e. The van der Waals surface area contributed by atoms with Gasteiger partial charge in [-0.2, -0.15) is 0 Å². The van der Waals surface area contributed by atoms with E-state index in [1.54, 1.807) is 7.11 Å². The summed E-state index contributed by atoms with van der Waals surface area (Å²) in [5.74, 6) is 0.511. The number of rotatable bonds is 6. The largest absolute Gasteiger partial charge is 0.495 e. The van der Waals surface area contributed by atoms with Gasteiger partial charge >= 0.3 is 0 Å². The van der Waals surface area contributed by atoms with Crippen molar-refractivity contribution in [2.45, 2.75) is 19.9 Å². The minimum atomic E-state index is -0.236. The van der Waals surface area contributed by atoms with E-state index in [4.69, 9.17) is 9.47 Å². The average molecular weight is 319 g/mol. The molecule has 1 aromatic rings. The summed E-state index contributed by atoms with van der Waals surface area (Å²) in [7, 11) is 1.64. The fraction of sp³-hybridized carbons (Fsp3) is 0.471. The van der Waals surface area contributed by atoms with Crippen LogP contribution < -0.4 is 20.3 Å². The van der Waals surface area contributed by atoms with Gasteiger partial charge in [-0.3, -0.25) is 4.79 Å². The molecule has 126 valence electrons. The van der Waals surface area contributed by atoms with E-state index in [-0.39, 0.29) is 11.9 Å². The van der Waals surface area contributed by atoms with Gasteiger partial charge in [0, 0.05) is 25.2 Å². The van der Waals surface area contributed by atoms with Crippen molar-refractivity contribution in [1.29, 1.82) is 0 Å². The van der Waals surface area contributed by atoms with Gasteiger partial charge in [0.1, 0.15) is 5.75 Å². The first-order valence-corrected chi connectivity index (χ1v) is 7.79. The van der Waals surface area contributed by atoms with Crippen LogP contribution in [-0.2, 0) is 9.53 Å². The van der Waals surface area contributed by atoms with Gasteiger partial charge in [-0.05, 0) is 26.0 Å². The molecule has 0 radical (unpaired) electrons. The number of nitrogens with one attached hydrogen (secondary N) is 2. The summed E-state index contributed by atoms with van der Waals surface area (Å²) >= 11 is 0. The maximum atomic E-state index is 11.8. The Hall–Kier alpha value is -2.21. The lowest BCUT2D eigenvalue weighted by Gasteiger charge is -2.31. The molecular formula is C17H25N3O3. The number of methoxy groups -OCH3 is 1. The lowest BCUT2D eigenvalue weighted by Crippen LogP contribution is -2.36. The molecule has 1 aromatic carbocycles. The van der Waals surface area contributed by atoms with Gasteiger partial charge in [-0.25, -0.2) is 0 Å². The highest BCUT2D eigenvalue weighted by atomic mass is 16.5. The van der Waals surface area contributed by atoms with Gasteiger partial charge in [0.05, 0.1) is 37.4 Å². The van der Waals surface area contributed by atoms with Crippen LogP contribution in [0.25, 0.3) is 0 Å². The molecule has 0 aliphatic carbocycles. The van der Waals surface area contributed by atoms with Crippen LogP contribution in [0.15, 0.2) is 24.8 Å². The van der Waals surface area contributed by atoms with Gasteiger partial charge in [0.15, 0.2) is 0 Å². The first-order chi connectivity index (χ1) is 11.0. The number of morpholine rings is 1. The number of carbonyl (C=O) groups is 1. The van der Waals surface area contributed by atoms with Gasteiger partial charge < -0.3 is 25.0 Å². The minimum absolute atomic E-state index is 0.236. The van der Waals surface area contributed by atoms with Gasteiger partial charge in [-0.15, -0.1) is 0 Å². The van der Waals surface area contributed by atoms with Crippen LogP contribution in [0, 0.1) is 0 Å². The van der Waals surface area contributed by atoms with Crippen LogP contribution in [0.3, 0.4) is 0 Å². The Morgan fingerprint density at radius 2 is 2.04 bits per heavy atom. The Balaban J connectivity index is 2.43. The van der Waals surface area contributed by atoms with Crippen LogP contribution >= 0.6 is 0 Å². The molecule has 1 aliphatic heterocycles. The zero-order valence-electron chi connectivity index (χ0n) is 14.0. The Labute approximate surface area is 137 Å². The number of anilines is 3. The molecule has 2 N–H and O–H groups in total. The van der Waals surface area contributed by atoms with E-state index in [1.165, 1.54) is 6.08 Å². The summed E-state index contributed by atoms with van der Waals surface area (Å²) in [6.45, 7) is 10.5. The predicted molar refractivity (Wildman–Crippen MR) is 93.6 cm³/mol. The highest BCUT2D eigenvalue weighted by Crippen LogP contribution is 2.37. The molecule has 0 aromatic heterocycles. The van der Waals surface area contributed by atoms with E-state index in [0.717, 1.165) is 35.9 Å². The Morgan fingerprint density at radius 3 is 2.61 bits per heavy atom. The third-order valence-electron chi connectivity index (χ3n) is 3.56. The molecule has 6 nitrogen and oxygen atoms in total. The zero-order chi connectivity index (χ0) is 16.8. The summed E-state index contributed by atoms with van der Waals surface area (Å²) in [6, 6.07) is 4.11. The van der Waals surface area contributed by atoms with Gasteiger partial charge in [0.2, 0.25) is 5.91 Å². The highest BCUT2D eigenvalue weighted by Gasteiger charge is 2.19. The van der Waals surface area contributed by atoms with Gasteiger partial charge in [-0.1, -0.05) is 6.58 Å². The molecule has 0 bridgehead atoms. The van der Waals surface area contributed by atoms with Crippen molar-refractivity contribution >= 4 is 23.0 Å². The van der Waals surface area contributed by atoms with Gasteiger partial charge in [0.25, 0.3) is 0 Å². The number of amides is 1. The zero-order valence-corrected chi connectivity index (χ0v) is 14.0. The fourth-order valence-electron chi connectivity index (χ4n) is 2.51. The molecule has 2 rings (SSSR count). The smallest absolute Gasteiger partial charge is 0.247 e. The number of carbonyl (C=O) groups excluding carboxylic acids is 1. The van der Waals surface area contributed by atoms with E-state index in [1.807, 2.05) is 12.1 Å². The molecule has 0 saturated carbocycles. The average Bonchev–Trinajstić information content (AvgIpc) is 2.55. The van der Waals surface area contributed by atoms with Crippen molar-refractivity contribution in [2.75, 3.05) is 48.9 Å². The second-order valence-electron chi connectivity index (χ2n) is 5.66. The molecule has 0 unspecified atom stereocenters. The van der Waals surface area contributed by atoms with Crippen LogP contribution in [0.1, 0.15) is 13.8 Å². The maximum absolute atomic E-state index is 11.8. The van der Waals surface area contributed by atoms with Crippen molar-refractivity contribution in [3.05, 3.63) is 24.8 Å². The van der Waals surface area contributed by atoms with E-state index < -0.39 is 0 Å². The third-order valence-corrected chi connectivity index (χ3v) is 3.56. The molecule has 0 spiro atoms. The molecule has 23 heavy (non-hydrogen) atoms. The van der Waals surface area contributed by atoms with E-state index in [2.05, 4.69) is 36.0 Å². The lowest BCUT2D eigenvalue weighted by molar-refractivity contribution is -0.111. The van der Waals surface area contributed by atoms with E-state index >= 15 is 0 Å². The topological polar surface area (TPSA) is 62.8 Å². The quantitative estimate of drug-likeness (QED) is 0.789. The molecule has 1 aliphatic rings. The SMILES string of the molecule is C=CC(=O)Nc1cc(NC(C)C)c(OC)cc1N1CCOCC1. The molecular weight excluding hydrogens is 294 g/mol. The molecule has 1 saturated heterocycles. The van der Waals surface area contributed by atoms with Crippen LogP contribution in [-0.4, -0.2) is 45.4 Å². The first kappa shape index (κ1) is 17.1. The summed E-state index contributed by atoms with van der Waals surface area (Å²) < 4.78 is 10.9. The first-order valence-electron chi connectivity index (χ1n) is 7.79. The number of ether oxygens (including phenoxy) is 2. The summed E-state index contributed by atoms with van der Waals surface area (Å²) in [4.78, 5) is 14.0. The van der Waals surface area contributed by atoms with Crippen molar-refractivity contribution in [2.24, 2.45) is 0 Å². The molecule has 1 fully saturated rings. The van der Waals surface area contributed by atoms with Crippen molar-refractivity contribution in [3.8, 4) is 5.75 Å². The Morgan fingerprint density at radius 1 is 1.35 bits per heavy atom. The molecule has 6 heteroatoms. The summed E-state index contributed by atoms with van der Waals surface area (Å²) in [5.41, 5.74) is 2.51. The fourth-order valence-corrected chi connectivity index (χ4v) is 2.51. The van der Waals surface area contributed by atoms with Crippen LogP contribution in [0.4, 0.5) is 17.1 Å². The highest BCUT2D eigenvalue weighted by molar-refractivity contribution is 6.02. The normalized spacial score (nSPS) is 14.5. The molecule has 0 atom stereocenters. The summed E-state index contributed by atoms with van der Waals surface area (Å²) in [6.07, 6.45) is 1.27. The lowest BCUT2D eigenvalue weighted by atomic mass is 10.1. The summed E-state index contributed by atoms with van der Waals surface area (Å²) in [5, 5.41) is 6.23. The van der Waals surface area contributed by atoms with Crippen molar-refractivity contribution < 1.29 is 14.3 Å². The standard InChI is InChI=1S/C17H25N3O3/c1-5-17(21)19-13-10-14(18-12(2)3)16(22-4)11-15(13)20-6-8-23-9-7-20/h5,10-12,18H,1,6-9H2,2-4H3,(H,19,21). The van der Waals surface area contributed by atoms with Crippen LogP contribution in [0.5, 0.6) is 5.75 Å². The monoisotopic (exact) mass is 319 g/mol. The molecule has 1 heterocycles. The number of hydrogen-bond donors (Lipinski definition) is 2. The number of nitrogens with zero attached hydrogens (tertiary/aromatic N) is 1. The Kier molecular flexibility index (Phi) is 5.87. The third kappa shape index (κ3) is 4.39. The van der Waals surface area contributed by atoms with Crippen molar-refractivity contribution in [3.63, 3.8) is 0 Å². The second kappa shape index (κ2) is 7.87. The predicted octanol–water partition coefficient (Wildman–Crippen LogP) is 2.48. The second-order valence-corrected chi connectivity index (χ2v) is 5.66. The molecule has 1 amide bonds.